The minimum atomic E-state index is 0.617. The lowest BCUT2D eigenvalue weighted by Gasteiger charge is -2.11. The van der Waals surface area contributed by atoms with Gasteiger partial charge in [0, 0.05) is 22.3 Å². The van der Waals surface area contributed by atoms with Gasteiger partial charge in [-0.25, -0.2) is 9.97 Å². The SMILES string of the molecule is Cc1nc(Nc2cc(C)on2)cc(Nc2ccc(Br)cc2C)n1. The van der Waals surface area contributed by atoms with E-state index in [1.807, 2.05) is 51.1 Å². The van der Waals surface area contributed by atoms with Crippen molar-refractivity contribution in [2.75, 3.05) is 10.6 Å². The largest absolute Gasteiger partial charge is 0.360 e. The number of halogens is 1. The summed E-state index contributed by atoms with van der Waals surface area (Å²) in [6.07, 6.45) is 0. The van der Waals surface area contributed by atoms with Gasteiger partial charge in [-0.3, -0.25) is 0 Å². The highest BCUT2D eigenvalue weighted by molar-refractivity contribution is 9.10. The predicted octanol–water partition coefficient (Wildman–Crippen LogP) is 4.64. The van der Waals surface area contributed by atoms with Crippen molar-refractivity contribution in [3.8, 4) is 0 Å². The Labute approximate surface area is 142 Å². The van der Waals surface area contributed by atoms with E-state index in [4.69, 9.17) is 4.52 Å². The molecule has 0 atom stereocenters. The van der Waals surface area contributed by atoms with Crippen LogP contribution in [0.2, 0.25) is 0 Å². The van der Waals surface area contributed by atoms with Gasteiger partial charge >= 0.3 is 0 Å². The van der Waals surface area contributed by atoms with E-state index >= 15 is 0 Å². The van der Waals surface area contributed by atoms with Gasteiger partial charge in [0.1, 0.15) is 23.2 Å². The number of hydrogen-bond donors (Lipinski definition) is 2. The van der Waals surface area contributed by atoms with Gasteiger partial charge in [0.2, 0.25) is 0 Å². The van der Waals surface area contributed by atoms with Crippen molar-refractivity contribution in [3.63, 3.8) is 0 Å². The Bertz CT molecular complexity index is 846. The van der Waals surface area contributed by atoms with Gasteiger partial charge in [0.15, 0.2) is 5.82 Å². The maximum atomic E-state index is 5.04. The fraction of sp³-hybridized carbons (Fsp3) is 0.188. The first kappa shape index (κ1) is 15.5. The molecule has 2 N–H and O–H groups in total. The molecule has 0 radical (unpaired) electrons. The number of nitrogens with zero attached hydrogens (tertiary/aromatic N) is 3. The standard InChI is InChI=1S/C16H16BrN5O/c1-9-6-12(17)4-5-13(9)20-14-8-15(19-11(3)18-14)21-16-7-10(2)23-22-16/h4-8H,1-3H3,(H2,18,19,20,21,22). The summed E-state index contributed by atoms with van der Waals surface area (Å²) in [5, 5.41) is 10.3. The molecular formula is C16H16BrN5O. The molecule has 0 saturated carbocycles. The van der Waals surface area contributed by atoms with Crippen LogP contribution in [0.4, 0.5) is 23.1 Å². The highest BCUT2D eigenvalue weighted by Crippen LogP contribution is 2.24. The lowest BCUT2D eigenvalue weighted by Crippen LogP contribution is -2.02. The normalized spacial score (nSPS) is 10.6. The molecule has 0 saturated heterocycles. The minimum Gasteiger partial charge on any atom is -0.360 e. The number of rotatable bonds is 4. The Hall–Kier alpha value is -2.41. The van der Waals surface area contributed by atoms with Crippen LogP contribution in [0.3, 0.4) is 0 Å². The zero-order chi connectivity index (χ0) is 16.4. The first-order valence-electron chi connectivity index (χ1n) is 7.09. The van der Waals surface area contributed by atoms with E-state index in [0.29, 0.717) is 23.3 Å². The number of benzene rings is 1. The smallest absolute Gasteiger partial charge is 0.175 e. The van der Waals surface area contributed by atoms with Crippen molar-refractivity contribution >= 4 is 39.1 Å². The van der Waals surface area contributed by atoms with Crippen molar-refractivity contribution in [2.24, 2.45) is 0 Å². The number of aryl methyl sites for hydroxylation is 3. The van der Waals surface area contributed by atoms with Crippen LogP contribution in [-0.4, -0.2) is 15.1 Å². The predicted molar refractivity (Wildman–Crippen MR) is 93.5 cm³/mol. The molecule has 3 aromatic rings. The molecule has 6 nitrogen and oxygen atoms in total. The Morgan fingerprint density at radius 2 is 1.65 bits per heavy atom. The Morgan fingerprint density at radius 1 is 0.913 bits per heavy atom. The molecule has 0 unspecified atom stereocenters. The van der Waals surface area contributed by atoms with E-state index in [0.717, 1.165) is 21.5 Å². The molecule has 0 bridgehead atoms. The lowest BCUT2D eigenvalue weighted by molar-refractivity contribution is 0.400. The van der Waals surface area contributed by atoms with E-state index in [2.05, 4.69) is 41.7 Å². The van der Waals surface area contributed by atoms with Crippen molar-refractivity contribution in [2.45, 2.75) is 20.8 Å². The summed E-state index contributed by atoms with van der Waals surface area (Å²) in [5.41, 5.74) is 2.12. The van der Waals surface area contributed by atoms with E-state index in [-0.39, 0.29) is 0 Å². The van der Waals surface area contributed by atoms with Crippen LogP contribution in [-0.2, 0) is 0 Å². The third kappa shape index (κ3) is 3.87. The third-order valence-corrected chi connectivity index (χ3v) is 3.67. The Morgan fingerprint density at radius 3 is 2.30 bits per heavy atom. The molecule has 0 amide bonds. The zero-order valence-electron chi connectivity index (χ0n) is 13.0. The molecule has 0 fully saturated rings. The van der Waals surface area contributed by atoms with Crippen LogP contribution in [0.5, 0.6) is 0 Å². The van der Waals surface area contributed by atoms with Gasteiger partial charge < -0.3 is 15.2 Å². The average molecular weight is 374 g/mol. The van der Waals surface area contributed by atoms with Crippen molar-refractivity contribution in [1.29, 1.82) is 0 Å². The van der Waals surface area contributed by atoms with E-state index in [9.17, 15) is 0 Å². The molecule has 3 rings (SSSR count). The second kappa shape index (κ2) is 6.37. The molecule has 7 heteroatoms. The van der Waals surface area contributed by atoms with E-state index in [1.54, 1.807) is 0 Å². The van der Waals surface area contributed by atoms with Crippen molar-refractivity contribution in [1.82, 2.24) is 15.1 Å². The third-order valence-electron chi connectivity index (χ3n) is 3.17. The quantitative estimate of drug-likeness (QED) is 0.693. The van der Waals surface area contributed by atoms with Crippen molar-refractivity contribution < 1.29 is 4.52 Å². The molecule has 2 heterocycles. The minimum absolute atomic E-state index is 0.617. The molecule has 0 aliphatic heterocycles. The highest BCUT2D eigenvalue weighted by atomic mass is 79.9. The molecule has 0 aliphatic carbocycles. The highest BCUT2D eigenvalue weighted by Gasteiger charge is 2.07. The fourth-order valence-electron chi connectivity index (χ4n) is 2.16. The zero-order valence-corrected chi connectivity index (χ0v) is 14.6. The maximum Gasteiger partial charge on any atom is 0.175 e. The Kier molecular flexibility index (Phi) is 4.29. The second-order valence-electron chi connectivity index (χ2n) is 5.22. The number of aromatic nitrogens is 3. The van der Waals surface area contributed by atoms with E-state index < -0.39 is 0 Å². The number of hydrogen-bond acceptors (Lipinski definition) is 6. The Balaban J connectivity index is 1.85. The fourth-order valence-corrected chi connectivity index (χ4v) is 2.63. The van der Waals surface area contributed by atoms with Gasteiger partial charge in [-0.2, -0.15) is 0 Å². The molecular weight excluding hydrogens is 358 g/mol. The van der Waals surface area contributed by atoms with Crippen LogP contribution in [0, 0.1) is 20.8 Å². The van der Waals surface area contributed by atoms with E-state index in [1.165, 1.54) is 0 Å². The summed E-state index contributed by atoms with van der Waals surface area (Å²) in [6, 6.07) is 9.68. The van der Waals surface area contributed by atoms with Crippen LogP contribution >= 0.6 is 15.9 Å². The van der Waals surface area contributed by atoms with Gasteiger partial charge in [-0.15, -0.1) is 0 Å². The van der Waals surface area contributed by atoms with Crippen LogP contribution in [0.1, 0.15) is 17.1 Å². The van der Waals surface area contributed by atoms with Gasteiger partial charge in [-0.1, -0.05) is 21.1 Å². The molecule has 0 spiro atoms. The summed E-state index contributed by atoms with van der Waals surface area (Å²) in [7, 11) is 0. The molecule has 23 heavy (non-hydrogen) atoms. The topological polar surface area (TPSA) is 75.9 Å². The van der Waals surface area contributed by atoms with Gasteiger partial charge in [0.25, 0.3) is 0 Å². The van der Waals surface area contributed by atoms with Crippen LogP contribution in [0.15, 0.2) is 39.3 Å². The summed E-state index contributed by atoms with van der Waals surface area (Å²) in [5.74, 6) is 3.38. The summed E-state index contributed by atoms with van der Waals surface area (Å²) in [6.45, 7) is 5.73. The first-order valence-corrected chi connectivity index (χ1v) is 7.88. The molecule has 118 valence electrons. The summed E-state index contributed by atoms with van der Waals surface area (Å²) in [4.78, 5) is 8.79. The van der Waals surface area contributed by atoms with Gasteiger partial charge in [-0.05, 0) is 44.5 Å². The summed E-state index contributed by atoms with van der Waals surface area (Å²) >= 11 is 3.46. The number of nitrogens with one attached hydrogen (secondary N) is 2. The lowest BCUT2D eigenvalue weighted by atomic mass is 10.2. The summed E-state index contributed by atoms with van der Waals surface area (Å²) < 4.78 is 6.09. The monoisotopic (exact) mass is 373 g/mol. The first-order chi connectivity index (χ1) is 11.0. The number of anilines is 4. The van der Waals surface area contributed by atoms with Gasteiger partial charge in [0.05, 0.1) is 0 Å². The average Bonchev–Trinajstić information content (AvgIpc) is 2.86. The molecule has 1 aromatic carbocycles. The molecule has 0 aliphatic rings. The molecule has 2 aromatic heterocycles. The van der Waals surface area contributed by atoms with Crippen LogP contribution < -0.4 is 10.6 Å². The van der Waals surface area contributed by atoms with Crippen molar-refractivity contribution in [3.05, 3.63) is 52.0 Å². The second-order valence-corrected chi connectivity index (χ2v) is 6.13. The maximum absolute atomic E-state index is 5.04. The van der Waals surface area contributed by atoms with Crippen LogP contribution in [0.25, 0.3) is 0 Å².